The Balaban J connectivity index is 1.60. The Morgan fingerprint density at radius 1 is 1.17 bits per heavy atom. The highest BCUT2D eigenvalue weighted by Gasteiger charge is 2.49. The molecule has 196 valence electrons. The third-order valence-corrected chi connectivity index (χ3v) is 7.41. The number of rotatable bonds is 7. The van der Waals surface area contributed by atoms with Crippen molar-refractivity contribution in [3.8, 4) is 6.07 Å². The first kappa shape index (κ1) is 28.1. The summed E-state index contributed by atoms with van der Waals surface area (Å²) in [4.78, 5) is 20.7. The van der Waals surface area contributed by atoms with Crippen molar-refractivity contribution in [3.05, 3.63) is 29.3 Å². The van der Waals surface area contributed by atoms with E-state index in [9.17, 15) is 18.0 Å². The molecule has 0 aromatic heterocycles. The van der Waals surface area contributed by atoms with E-state index in [0.29, 0.717) is 6.54 Å². The number of hydrogen-bond donors (Lipinski definition) is 1. The van der Waals surface area contributed by atoms with Crippen molar-refractivity contribution in [3.63, 3.8) is 0 Å². The average Bonchev–Trinajstić information content (AvgIpc) is 3.00. The molecule has 0 saturated carbocycles. The average molecular weight is 541 g/mol. The van der Waals surface area contributed by atoms with Crippen molar-refractivity contribution >= 4 is 46.3 Å². The van der Waals surface area contributed by atoms with Gasteiger partial charge in [0, 0.05) is 39.3 Å². The van der Waals surface area contributed by atoms with E-state index in [1.165, 1.54) is 6.07 Å². The lowest BCUT2D eigenvalue weighted by Gasteiger charge is -2.36. The number of benzene rings is 1. The van der Waals surface area contributed by atoms with Crippen LogP contribution in [0.15, 0.2) is 18.2 Å². The van der Waals surface area contributed by atoms with Gasteiger partial charge in [-0.15, -0.1) is 0 Å². The summed E-state index contributed by atoms with van der Waals surface area (Å²) < 4.78 is 40.4. The van der Waals surface area contributed by atoms with Crippen LogP contribution in [0.1, 0.15) is 44.7 Å². The van der Waals surface area contributed by atoms with E-state index in [1.807, 2.05) is 6.92 Å². The Hall–Kier alpha value is -2.49. The molecule has 1 aromatic carbocycles. The number of nitrogens with zero attached hydrogens (tertiary/aromatic N) is 5. The fraction of sp³-hybridized carbons (Fsp3) is 0.583. The van der Waals surface area contributed by atoms with Crippen LogP contribution in [0.3, 0.4) is 0 Å². The van der Waals surface area contributed by atoms with Gasteiger partial charge in [-0.2, -0.15) is 18.4 Å². The fourth-order valence-electron chi connectivity index (χ4n) is 4.48. The SMILES string of the molecule is CCNC(=S)N1CCN(CCCCN2C(=S)N(c3ccc(C#N)c(C(F)(F)F)c3)C(=O)C2(C)C)CC1. The largest absolute Gasteiger partial charge is 0.417 e. The minimum Gasteiger partial charge on any atom is -0.363 e. The molecule has 0 atom stereocenters. The molecule has 1 amide bonds. The van der Waals surface area contributed by atoms with E-state index in [4.69, 9.17) is 29.7 Å². The number of unbranched alkanes of at least 4 members (excludes halogenated alkanes) is 1. The van der Waals surface area contributed by atoms with Crippen LogP contribution in [0.25, 0.3) is 0 Å². The molecule has 2 fully saturated rings. The highest BCUT2D eigenvalue weighted by atomic mass is 32.1. The number of anilines is 1. The Kier molecular flexibility index (Phi) is 8.80. The van der Waals surface area contributed by atoms with Gasteiger partial charge in [-0.1, -0.05) is 0 Å². The number of thiocarbonyl (C=S) groups is 2. The number of amides is 1. The molecule has 2 aliphatic heterocycles. The molecule has 0 spiro atoms. The maximum Gasteiger partial charge on any atom is 0.417 e. The molecular weight excluding hydrogens is 509 g/mol. The summed E-state index contributed by atoms with van der Waals surface area (Å²) in [6.45, 7) is 11.3. The third kappa shape index (κ3) is 5.90. The fourth-order valence-corrected chi connectivity index (χ4v) is 5.32. The summed E-state index contributed by atoms with van der Waals surface area (Å²) in [5.74, 6) is -0.391. The molecule has 3 rings (SSSR count). The van der Waals surface area contributed by atoms with E-state index in [2.05, 4.69) is 15.1 Å². The van der Waals surface area contributed by atoms with Crippen LogP contribution in [0.4, 0.5) is 18.9 Å². The molecule has 36 heavy (non-hydrogen) atoms. The van der Waals surface area contributed by atoms with Crippen LogP contribution >= 0.6 is 24.4 Å². The number of hydrogen-bond acceptors (Lipinski definition) is 5. The Labute approximate surface area is 220 Å². The minimum atomic E-state index is -4.72. The molecule has 0 aliphatic carbocycles. The van der Waals surface area contributed by atoms with Gasteiger partial charge in [-0.25, -0.2) is 0 Å². The number of nitrogens with one attached hydrogen (secondary N) is 1. The van der Waals surface area contributed by atoms with Gasteiger partial charge < -0.3 is 15.1 Å². The first-order chi connectivity index (χ1) is 16.9. The van der Waals surface area contributed by atoms with Gasteiger partial charge in [-0.05, 0) is 82.8 Å². The van der Waals surface area contributed by atoms with Crippen LogP contribution in [0, 0.1) is 11.3 Å². The standard InChI is InChI=1S/C24H31F3N6OS2/c1-4-29-21(35)31-13-11-30(12-14-31)9-5-6-10-32-22(36)33(20(34)23(32,2)3)18-8-7-17(16-28)19(15-18)24(25,26)27/h7-8,15H,4-6,9-14H2,1-3H3,(H,29,35). The zero-order valence-corrected chi connectivity index (χ0v) is 22.3. The quantitative estimate of drug-likeness (QED) is 0.416. The molecule has 12 heteroatoms. The third-order valence-electron chi connectivity index (χ3n) is 6.60. The molecule has 1 N–H and O–H groups in total. The molecule has 7 nitrogen and oxygen atoms in total. The second-order valence-corrected chi connectivity index (χ2v) is 10.1. The van der Waals surface area contributed by atoms with Gasteiger partial charge in [-0.3, -0.25) is 14.6 Å². The molecule has 2 aliphatic rings. The number of nitriles is 1. The summed E-state index contributed by atoms with van der Waals surface area (Å²) in [5.41, 5.74) is -2.55. The van der Waals surface area contributed by atoms with Crippen LogP contribution in [0.5, 0.6) is 0 Å². The second kappa shape index (κ2) is 11.3. The highest BCUT2D eigenvalue weighted by molar-refractivity contribution is 7.80. The van der Waals surface area contributed by atoms with E-state index in [-0.39, 0.29) is 10.8 Å². The van der Waals surface area contributed by atoms with Gasteiger partial charge in [0.25, 0.3) is 5.91 Å². The summed E-state index contributed by atoms with van der Waals surface area (Å²) in [7, 11) is 0. The van der Waals surface area contributed by atoms with Crippen molar-refractivity contribution in [2.45, 2.75) is 45.3 Å². The van der Waals surface area contributed by atoms with Gasteiger partial charge in [0.15, 0.2) is 10.2 Å². The van der Waals surface area contributed by atoms with Crippen LogP contribution in [-0.4, -0.2) is 82.2 Å². The maximum atomic E-state index is 13.5. The number of halogens is 3. The minimum absolute atomic E-state index is 0.0141. The monoisotopic (exact) mass is 540 g/mol. The predicted octanol–water partition coefficient (Wildman–Crippen LogP) is 3.58. The van der Waals surface area contributed by atoms with Crippen LogP contribution in [-0.2, 0) is 11.0 Å². The van der Waals surface area contributed by atoms with Crippen LogP contribution in [0.2, 0.25) is 0 Å². The van der Waals surface area contributed by atoms with Crippen molar-refractivity contribution in [2.75, 3.05) is 50.7 Å². The lowest BCUT2D eigenvalue weighted by molar-refractivity contribution is -0.137. The normalized spacial score (nSPS) is 18.5. The summed E-state index contributed by atoms with van der Waals surface area (Å²) >= 11 is 10.9. The smallest absolute Gasteiger partial charge is 0.363 e. The zero-order valence-electron chi connectivity index (χ0n) is 20.7. The van der Waals surface area contributed by atoms with Gasteiger partial charge in [0.1, 0.15) is 5.54 Å². The number of carbonyl (C=O) groups is 1. The topological polar surface area (TPSA) is 65.8 Å². The molecular formula is C24H31F3N6OS2. The van der Waals surface area contributed by atoms with E-state index in [0.717, 1.165) is 74.3 Å². The number of carbonyl (C=O) groups excluding carboxylic acids is 1. The van der Waals surface area contributed by atoms with Crippen LogP contribution < -0.4 is 10.2 Å². The van der Waals surface area contributed by atoms with Gasteiger partial charge >= 0.3 is 6.18 Å². The molecule has 2 saturated heterocycles. The highest BCUT2D eigenvalue weighted by Crippen LogP contribution is 2.37. The lowest BCUT2D eigenvalue weighted by Crippen LogP contribution is -2.51. The van der Waals surface area contributed by atoms with E-state index >= 15 is 0 Å². The predicted molar refractivity (Wildman–Crippen MR) is 141 cm³/mol. The number of piperazine rings is 1. The van der Waals surface area contributed by atoms with E-state index < -0.39 is 28.7 Å². The summed E-state index contributed by atoms with van der Waals surface area (Å²) in [6.07, 6.45) is -3.04. The van der Waals surface area contributed by atoms with E-state index in [1.54, 1.807) is 24.8 Å². The lowest BCUT2D eigenvalue weighted by atomic mass is 10.0. The van der Waals surface area contributed by atoms with Gasteiger partial charge in [0.2, 0.25) is 0 Å². The first-order valence-corrected chi connectivity index (χ1v) is 12.8. The van der Waals surface area contributed by atoms with Crippen molar-refractivity contribution in [1.82, 2.24) is 20.0 Å². The maximum absolute atomic E-state index is 13.5. The Bertz CT molecular complexity index is 1050. The van der Waals surface area contributed by atoms with Crippen molar-refractivity contribution in [2.24, 2.45) is 0 Å². The van der Waals surface area contributed by atoms with Crippen molar-refractivity contribution in [1.29, 1.82) is 5.26 Å². The summed E-state index contributed by atoms with van der Waals surface area (Å²) in [6, 6.07) is 4.79. The molecule has 0 unspecified atom stereocenters. The second-order valence-electron chi connectivity index (χ2n) is 9.34. The molecule has 0 bridgehead atoms. The molecule has 1 aromatic rings. The Morgan fingerprint density at radius 2 is 1.81 bits per heavy atom. The number of alkyl halides is 3. The zero-order chi connectivity index (χ0) is 26.7. The Morgan fingerprint density at radius 3 is 2.39 bits per heavy atom. The first-order valence-electron chi connectivity index (χ1n) is 11.9. The van der Waals surface area contributed by atoms with Crippen molar-refractivity contribution < 1.29 is 18.0 Å². The molecule has 0 radical (unpaired) electrons. The van der Waals surface area contributed by atoms with Gasteiger partial charge in [0.05, 0.1) is 22.9 Å². The molecule has 2 heterocycles. The summed E-state index contributed by atoms with van der Waals surface area (Å²) in [5, 5.41) is 13.2.